The third-order valence-corrected chi connectivity index (χ3v) is 2.64. The van der Waals surface area contributed by atoms with Gasteiger partial charge in [-0.25, -0.2) is 9.74 Å². The van der Waals surface area contributed by atoms with Gasteiger partial charge in [-0.1, -0.05) is 23.2 Å². The zero-order chi connectivity index (χ0) is 14.8. The van der Waals surface area contributed by atoms with Crippen molar-refractivity contribution in [3.05, 3.63) is 33.3 Å². The Balaban J connectivity index is 3.47. The molecule has 0 aliphatic carbocycles. The van der Waals surface area contributed by atoms with E-state index in [2.05, 4.69) is 5.10 Å². The fourth-order valence-electron chi connectivity index (χ4n) is 1.22. The predicted molar refractivity (Wildman–Crippen MR) is 64.6 cm³/mol. The molecule has 0 bridgehead atoms. The van der Waals surface area contributed by atoms with Gasteiger partial charge in [0.05, 0.1) is 15.6 Å². The average molecular weight is 335 g/mol. The van der Waals surface area contributed by atoms with Crippen molar-refractivity contribution in [3.8, 4) is 0 Å². The van der Waals surface area contributed by atoms with Gasteiger partial charge < -0.3 is 5.11 Å². The summed E-state index contributed by atoms with van der Waals surface area (Å²) in [5.74, 6) is -1.56. The zero-order valence-corrected chi connectivity index (χ0v) is 11.0. The van der Waals surface area contributed by atoms with Crippen LogP contribution in [0.25, 0.3) is 0 Å². The van der Waals surface area contributed by atoms with Crippen LogP contribution in [0.4, 0.5) is 13.2 Å². The number of carbonyl (C=O) groups is 1. The first-order valence-corrected chi connectivity index (χ1v) is 5.55. The van der Waals surface area contributed by atoms with E-state index in [1.165, 1.54) is 0 Å². The minimum Gasteiger partial charge on any atom is -0.476 e. The van der Waals surface area contributed by atoms with E-state index >= 15 is 0 Å². The summed E-state index contributed by atoms with van der Waals surface area (Å²) in [6.07, 6.45) is -4.66. The van der Waals surface area contributed by atoms with E-state index in [-0.39, 0.29) is 5.56 Å². The number of halogens is 6. The number of nitrogens with zero attached hydrogens (tertiary/aromatic N) is 1. The van der Waals surface area contributed by atoms with Crippen molar-refractivity contribution in [1.82, 2.24) is 4.94 Å². The third kappa shape index (κ3) is 3.65. The van der Waals surface area contributed by atoms with Crippen molar-refractivity contribution in [2.45, 2.75) is 6.18 Å². The third-order valence-electron chi connectivity index (χ3n) is 1.96. The Labute approximate surface area is 119 Å². The summed E-state index contributed by atoms with van der Waals surface area (Å²) in [4.78, 5) is 12.6. The van der Waals surface area contributed by atoms with Crippen LogP contribution >= 0.6 is 35.0 Å². The Bertz CT molecular complexity index is 523. The molecule has 0 unspecified atom stereocenters. The lowest BCUT2D eigenvalue weighted by atomic mass is 10.1. The Morgan fingerprint density at radius 3 is 2.05 bits per heavy atom. The van der Waals surface area contributed by atoms with Gasteiger partial charge in [0, 0.05) is 17.3 Å². The Kier molecular flexibility index (Phi) is 4.89. The summed E-state index contributed by atoms with van der Waals surface area (Å²) in [5.41, 5.74) is -2.18. The van der Waals surface area contributed by atoms with Crippen LogP contribution in [0.1, 0.15) is 11.1 Å². The monoisotopic (exact) mass is 334 g/mol. The van der Waals surface area contributed by atoms with Crippen LogP contribution in [0.15, 0.2) is 17.2 Å². The smallest absolute Gasteiger partial charge is 0.416 e. The Morgan fingerprint density at radius 1 is 1.26 bits per heavy atom. The Morgan fingerprint density at radius 2 is 1.74 bits per heavy atom. The number of hydrazone groups is 1. The average Bonchev–Trinajstić information content (AvgIpc) is 2.25. The van der Waals surface area contributed by atoms with Gasteiger partial charge in [-0.15, -0.1) is 0 Å². The number of benzene rings is 1. The first kappa shape index (κ1) is 15.9. The molecule has 4 nitrogen and oxygen atoms in total. The summed E-state index contributed by atoms with van der Waals surface area (Å²) in [5, 5.41) is 11.0. The number of carboxylic acid groups (broad SMARTS) is 1. The number of hydrogen-bond donors (Lipinski definition) is 2. The van der Waals surface area contributed by atoms with E-state index in [1.54, 1.807) is 4.94 Å². The van der Waals surface area contributed by atoms with Crippen molar-refractivity contribution in [1.29, 1.82) is 0 Å². The van der Waals surface area contributed by atoms with Gasteiger partial charge in [-0.2, -0.15) is 18.3 Å². The van der Waals surface area contributed by atoms with Gasteiger partial charge in [-0.3, -0.25) is 0 Å². The SMILES string of the molecule is O=C(O)C(=NNCl)c1c(Cl)cc(C(F)(F)F)cc1Cl. The van der Waals surface area contributed by atoms with E-state index in [1.807, 2.05) is 0 Å². The van der Waals surface area contributed by atoms with E-state index in [0.29, 0.717) is 12.1 Å². The molecule has 0 atom stereocenters. The highest BCUT2D eigenvalue weighted by Crippen LogP contribution is 2.36. The van der Waals surface area contributed by atoms with Crippen LogP contribution in [-0.4, -0.2) is 16.8 Å². The molecule has 0 aliphatic rings. The largest absolute Gasteiger partial charge is 0.476 e. The molecular weight excluding hydrogens is 331 g/mol. The van der Waals surface area contributed by atoms with Crippen molar-refractivity contribution < 1.29 is 23.1 Å². The van der Waals surface area contributed by atoms with Gasteiger partial charge in [0.1, 0.15) is 0 Å². The molecule has 0 saturated heterocycles. The summed E-state index contributed by atoms with van der Waals surface area (Å²) >= 11 is 16.3. The highest BCUT2D eigenvalue weighted by Gasteiger charge is 2.33. The lowest BCUT2D eigenvalue weighted by molar-refractivity contribution is -0.137. The molecule has 0 saturated carbocycles. The maximum Gasteiger partial charge on any atom is 0.416 e. The molecule has 104 valence electrons. The second kappa shape index (κ2) is 5.85. The molecule has 0 amide bonds. The molecular formula is C9H4Cl3F3N2O2. The summed E-state index contributed by atoms with van der Waals surface area (Å²) in [6.45, 7) is 0. The van der Waals surface area contributed by atoms with E-state index in [0.717, 1.165) is 0 Å². The highest BCUT2D eigenvalue weighted by molar-refractivity contribution is 6.51. The van der Waals surface area contributed by atoms with E-state index in [9.17, 15) is 18.0 Å². The zero-order valence-electron chi connectivity index (χ0n) is 8.73. The fraction of sp³-hybridized carbons (Fsp3) is 0.111. The minimum absolute atomic E-state index is 0.364. The molecule has 0 aliphatic heterocycles. The summed E-state index contributed by atoms with van der Waals surface area (Å²) in [6, 6.07) is 1.10. The second-order valence-corrected chi connectivity index (χ2v) is 4.15. The van der Waals surface area contributed by atoms with Gasteiger partial charge in [0.25, 0.3) is 0 Å². The first-order valence-electron chi connectivity index (χ1n) is 4.41. The van der Waals surface area contributed by atoms with Gasteiger partial charge in [-0.05, 0) is 12.1 Å². The lowest BCUT2D eigenvalue weighted by Gasteiger charge is -2.11. The number of rotatable bonds is 3. The molecule has 1 aromatic rings. The van der Waals surface area contributed by atoms with Crippen LogP contribution < -0.4 is 4.94 Å². The number of hydrogen-bond acceptors (Lipinski definition) is 3. The summed E-state index contributed by atoms with van der Waals surface area (Å²) < 4.78 is 37.5. The fourth-order valence-corrected chi connectivity index (χ4v) is 1.97. The molecule has 0 heterocycles. The molecule has 0 spiro atoms. The van der Waals surface area contributed by atoms with E-state index < -0.39 is 33.5 Å². The lowest BCUT2D eigenvalue weighted by Crippen LogP contribution is -2.18. The van der Waals surface area contributed by atoms with Crippen LogP contribution in [0, 0.1) is 0 Å². The number of carboxylic acids is 1. The molecule has 1 aromatic carbocycles. The van der Waals surface area contributed by atoms with Gasteiger partial charge >= 0.3 is 12.1 Å². The number of aliphatic carboxylic acids is 1. The highest BCUT2D eigenvalue weighted by atomic mass is 35.5. The van der Waals surface area contributed by atoms with Gasteiger partial charge in [0.15, 0.2) is 5.71 Å². The molecule has 0 fully saturated rings. The molecule has 0 aromatic heterocycles. The van der Waals surface area contributed by atoms with Gasteiger partial charge in [0.2, 0.25) is 0 Å². The molecule has 1 rings (SSSR count). The minimum atomic E-state index is -4.66. The number of nitrogens with one attached hydrogen (secondary N) is 1. The van der Waals surface area contributed by atoms with Crippen LogP contribution in [0.2, 0.25) is 10.0 Å². The standard InChI is InChI=1S/C9H4Cl3F3N2O2/c10-4-1-3(9(13,14)15)2-5(11)6(4)7(8(18)19)16-17-12/h1-2,17H,(H,18,19). The van der Waals surface area contributed by atoms with Crippen molar-refractivity contribution >= 4 is 46.7 Å². The normalized spacial score (nSPS) is 12.4. The molecule has 10 heteroatoms. The predicted octanol–water partition coefficient (Wildman–Crippen LogP) is 3.54. The summed E-state index contributed by atoms with van der Waals surface area (Å²) in [7, 11) is 0. The van der Waals surface area contributed by atoms with Crippen LogP contribution in [0.5, 0.6) is 0 Å². The molecule has 2 N–H and O–H groups in total. The molecule has 0 radical (unpaired) electrons. The van der Waals surface area contributed by atoms with Crippen molar-refractivity contribution in [2.24, 2.45) is 5.10 Å². The number of alkyl halides is 3. The van der Waals surface area contributed by atoms with Crippen LogP contribution in [-0.2, 0) is 11.0 Å². The maximum absolute atomic E-state index is 12.5. The van der Waals surface area contributed by atoms with E-state index in [4.69, 9.17) is 40.1 Å². The quantitative estimate of drug-likeness (QED) is 0.504. The van der Waals surface area contributed by atoms with Crippen molar-refractivity contribution in [2.75, 3.05) is 0 Å². The second-order valence-electron chi connectivity index (χ2n) is 3.16. The maximum atomic E-state index is 12.5. The topological polar surface area (TPSA) is 61.7 Å². The molecule has 19 heavy (non-hydrogen) atoms. The Hall–Kier alpha value is -1.18. The van der Waals surface area contributed by atoms with Crippen LogP contribution in [0.3, 0.4) is 0 Å². The van der Waals surface area contributed by atoms with Crippen molar-refractivity contribution in [3.63, 3.8) is 0 Å². The first-order chi connectivity index (χ1) is 8.68.